The van der Waals surface area contributed by atoms with E-state index >= 15 is 0 Å². The molecule has 0 atom stereocenters. The summed E-state index contributed by atoms with van der Waals surface area (Å²) in [5.74, 6) is 0.889. The number of nitrogens with zero attached hydrogens (tertiary/aromatic N) is 1. The molecule has 0 aliphatic heterocycles. The number of likely N-dealkylation sites (N-methyl/N-ethyl adjacent to an activating group) is 1. The summed E-state index contributed by atoms with van der Waals surface area (Å²) in [5, 5.41) is 10.6. The fourth-order valence-corrected chi connectivity index (χ4v) is 3.27. The Morgan fingerprint density at radius 1 is 1.06 bits per heavy atom. The van der Waals surface area contributed by atoms with Gasteiger partial charge in [0.2, 0.25) is 5.75 Å². The molecule has 0 saturated heterocycles. The second-order valence-electron chi connectivity index (χ2n) is 7.21. The molecule has 8 nitrogen and oxygen atoms in total. The molecule has 32 heavy (non-hydrogen) atoms. The highest BCUT2D eigenvalue weighted by Crippen LogP contribution is 2.46. The topological polar surface area (TPSA) is 90.6 Å². The summed E-state index contributed by atoms with van der Waals surface area (Å²) < 4.78 is 27.8. The number of carbonyl (C=O) groups is 1. The maximum atomic E-state index is 13.3. The largest absolute Gasteiger partial charge is 0.504 e. The van der Waals surface area contributed by atoms with Crippen LogP contribution in [0.15, 0.2) is 41.0 Å². The lowest BCUT2D eigenvalue weighted by atomic mass is 10.0. The number of furan rings is 1. The van der Waals surface area contributed by atoms with E-state index in [1.54, 1.807) is 24.3 Å². The number of rotatable bonds is 10. The van der Waals surface area contributed by atoms with Gasteiger partial charge in [-0.05, 0) is 43.9 Å². The number of aromatic hydroxyl groups is 1. The molecule has 8 heteroatoms. The number of allylic oxidation sites excluding steroid dienone is 1. The molecule has 0 unspecified atom stereocenters. The van der Waals surface area contributed by atoms with Crippen LogP contribution in [0.5, 0.6) is 28.7 Å². The van der Waals surface area contributed by atoms with Crippen LogP contribution in [0, 0.1) is 0 Å². The van der Waals surface area contributed by atoms with Crippen molar-refractivity contribution in [3.63, 3.8) is 0 Å². The van der Waals surface area contributed by atoms with E-state index in [4.69, 9.17) is 23.4 Å². The summed E-state index contributed by atoms with van der Waals surface area (Å²) in [6.07, 6.45) is 4.49. The molecule has 0 aliphatic rings. The summed E-state index contributed by atoms with van der Waals surface area (Å²) >= 11 is 0. The van der Waals surface area contributed by atoms with Gasteiger partial charge in [0, 0.05) is 6.54 Å². The maximum absolute atomic E-state index is 13.3. The van der Waals surface area contributed by atoms with Crippen LogP contribution >= 0.6 is 0 Å². The Kier molecular flexibility index (Phi) is 7.27. The van der Waals surface area contributed by atoms with Crippen molar-refractivity contribution in [1.82, 2.24) is 4.90 Å². The molecule has 1 heterocycles. The lowest BCUT2D eigenvalue weighted by molar-refractivity contribution is 0.104. The summed E-state index contributed by atoms with van der Waals surface area (Å²) in [7, 11) is 8.30. The Balaban J connectivity index is 2.07. The predicted octanol–water partition coefficient (Wildman–Crippen LogP) is 4.00. The SMILES string of the molecule is COc1ccc(/C=C/C(=O)c2c(OCCN(C)C)c(OC)c3occc3c2OC)cc1O. The minimum Gasteiger partial charge on any atom is -0.504 e. The quantitative estimate of drug-likeness (QED) is 0.373. The van der Waals surface area contributed by atoms with Crippen LogP contribution in [-0.4, -0.2) is 64.4 Å². The number of carbonyl (C=O) groups excluding carboxylic acids is 1. The molecule has 1 aromatic heterocycles. The molecule has 0 saturated carbocycles. The Morgan fingerprint density at radius 3 is 2.44 bits per heavy atom. The highest BCUT2D eigenvalue weighted by molar-refractivity contribution is 6.15. The van der Waals surface area contributed by atoms with Crippen molar-refractivity contribution in [3.05, 3.63) is 47.7 Å². The molecule has 3 aromatic rings. The third-order valence-electron chi connectivity index (χ3n) is 4.85. The summed E-state index contributed by atoms with van der Waals surface area (Å²) in [4.78, 5) is 15.3. The number of ether oxygens (including phenoxy) is 4. The van der Waals surface area contributed by atoms with E-state index in [0.29, 0.717) is 46.9 Å². The van der Waals surface area contributed by atoms with E-state index in [0.717, 1.165) is 0 Å². The summed E-state index contributed by atoms with van der Waals surface area (Å²) in [5.41, 5.74) is 1.29. The van der Waals surface area contributed by atoms with Crippen molar-refractivity contribution in [2.75, 3.05) is 48.6 Å². The molecule has 0 aliphatic carbocycles. The Labute approximate surface area is 186 Å². The van der Waals surface area contributed by atoms with Gasteiger partial charge in [-0.3, -0.25) is 4.79 Å². The van der Waals surface area contributed by atoms with E-state index in [-0.39, 0.29) is 22.8 Å². The van der Waals surface area contributed by atoms with Crippen LogP contribution < -0.4 is 18.9 Å². The van der Waals surface area contributed by atoms with Gasteiger partial charge in [0.05, 0.1) is 33.0 Å². The van der Waals surface area contributed by atoms with Gasteiger partial charge in [0.15, 0.2) is 28.6 Å². The summed E-state index contributed by atoms with van der Waals surface area (Å²) in [6.45, 7) is 0.964. The molecular weight excluding hydrogens is 414 g/mol. The summed E-state index contributed by atoms with van der Waals surface area (Å²) in [6, 6.07) is 6.57. The van der Waals surface area contributed by atoms with Gasteiger partial charge in [0.1, 0.15) is 17.9 Å². The molecule has 170 valence electrons. The smallest absolute Gasteiger partial charge is 0.205 e. The molecule has 0 fully saturated rings. The van der Waals surface area contributed by atoms with Gasteiger partial charge in [-0.1, -0.05) is 12.1 Å². The number of methoxy groups -OCH3 is 3. The van der Waals surface area contributed by atoms with Gasteiger partial charge in [-0.2, -0.15) is 0 Å². The number of hydrogen-bond donors (Lipinski definition) is 1. The second-order valence-corrected chi connectivity index (χ2v) is 7.21. The first-order valence-corrected chi connectivity index (χ1v) is 9.93. The highest BCUT2D eigenvalue weighted by atomic mass is 16.5. The highest BCUT2D eigenvalue weighted by Gasteiger charge is 2.28. The molecule has 1 N–H and O–H groups in total. The van der Waals surface area contributed by atoms with Crippen molar-refractivity contribution >= 4 is 22.8 Å². The molecular formula is C24H27NO7. The Bertz CT molecular complexity index is 1130. The number of fused-ring (bicyclic) bond motifs is 1. The number of hydrogen-bond acceptors (Lipinski definition) is 8. The average molecular weight is 441 g/mol. The second kappa shape index (κ2) is 10.1. The molecule has 0 spiro atoms. The van der Waals surface area contributed by atoms with E-state index in [1.807, 2.05) is 19.0 Å². The minimum absolute atomic E-state index is 0.0196. The Morgan fingerprint density at radius 2 is 1.81 bits per heavy atom. The Hall–Kier alpha value is -3.65. The van der Waals surface area contributed by atoms with Crippen LogP contribution in [0.1, 0.15) is 15.9 Å². The van der Waals surface area contributed by atoms with E-state index in [9.17, 15) is 9.90 Å². The molecule has 0 amide bonds. The van der Waals surface area contributed by atoms with Crippen LogP contribution in [0.2, 0.25) is 0 Å². The number of phenolic OH excluding ortho intramolecular Hbond substituents is 1. The number of ketones is 1. The van der Waals surface area contributed by atoms with Gasteiger partial charge in [0.25, 0.3) is 0 Å². The van der Waals surface area contributed by atoms with Gasteiger partial charge in [-0.25, -0.2) is 0 Å². The first-order valence-electron chi connectivity index (χ1n) is 9.93. The van der Waals surface area contributed by atoms with Gasteiger partial charge in [-0.15, -0.1) is 0 Å². The van der Waals surface area contributed by atoms with Crippen molar-refractivity contribution in [2.45, 2.75) is 0 Å². The third kappa shape index (κ3) is 4.65. The number of phenols is 1. The zero-order valence-corrected chi connectivity index (χ0v) is 18.8. The fourth-order valence-electron chi connectivity index (χ4n) is 3.27. The van der Waals surface area contributed by atoms with Crippen LogP contribution in [0.4, 0.5) is 0 Å². The third-order valence-corrected chi connectivity index (χ3v) is 4.85. The van der Waals surface area contributed by atoms with Crippen LogP contribution in [-0.2, 0) is 0 Å². The van der Waals surface area contributed by atoms with Crippen molar-refractivity contribution < 1.29 is 33.3 Å². The predicted molar refractivity (Wildman–Crippen MR) is 121 cm³/mol. The first-order chi connectivity index (χ1) is 15.4. The van der Waals surface area contributed by atoms with Gasteiger partial charge >= 0.3 is 0 Å². The standard InChI is InChI=1S/C24H27NO7/c1-25(2)11-13-32-23-20(21(29-4)16-10-12-31-22(16)24(23)30-5)17(26)8-6-15-7-9-19(28-3)18(27)14-15/h6-10,12,14,27H,11,13H2,1-5H3/b8-6+. The lowest BCUT2D eigenvalue weighted by Gasteiger charge is -2.18. The van der Waals surface area contributed by atoms with Crippen LogP contribution in [0.3, 0.4) is 0 Å². The molecule has 2 aromatic carbocycles. The monoisotopic (exact) mass is 441 g/mol. The van der Waals surface area contributed by atoms with Crippen LogP contribution in [0.25, 0.3) is 17.0 Å². The molecule has 0 bridgehead atoms. The first kappa shape index (κ1) is 23.0. The van der Waals surface area contributed by atoms with E-state index in [2.05, 4.69) is 0 Å². The van der Waals surface area contributed by atoms with Gasteiger partial charge < -0.3 is 33.4 Å². The van der Waals surface area contributed by atoms with E-state index < -0.39 is 0 Å². The number of benzene rings is 2. The molecule has 3 rings (SSSR count). The minimum atomic E-state index is -0.349. The molecule has 0 radical (unpaired) electrons. The average Bonchev–Trinajstić information content (AvgIpc) is 3.25. The zero-order valence-electron chi connectivity index (χ0n) is 18.8. The lowest BCUT2D eigenvalue weighted by Crippen LogP contribution is -2.20. The van der Waals surface area contributed by atoms with Crippen molar-refractivity contribution in [2.24, 2.45) is 0 Å². The normalized spacial score (nSPS) is 11.3. The fraction of sp³-hybridized carbons (Fsp3) is 0.292. The van der Waals surface area contributed by atoms with E-state index in [1.165, 1.54) is 39.7 Å². The van der Waals surface area contributed by atoms with Crippen molar-refractivity contribution in [1.29, 1.82) is 0 Å². The van der Waals surface area contributed by atoms with Crippen molar-refractivity contribution in [3.8, 4) is 28.7 Å². The zero-order chi connectivity index (χ0) is 23.3. The maximum Gasteiger partial charge on any atom is 0.205 e.